The number of rotatable bonds is 1. The van der Waals surface area contributed by atoms with Crippen molar-refractivity contribution >= 4 is 23.7 Å². The summed E-state index contributed by atoms with van der Waals surface area (Å²) in [7, 11) is 0. The molecule has 0 bridgehead atoms. The van der Waals surface area contributed by atoms with Gasteiger partial charge in [-0.3, -0.25) is 0 Å². The summed E-state index contributed by atoms with van der Waals surface area (Å²) in [6, 6.07) is 2.12. The van der Waals surface area contributed by atoms with Crippen molar-refractivity contribution in [2.75, 3.05) is 0 Å². The molecule has 1 aliphatic rings. The Hall–Kier alpha value is -0.0500. The second-order valence-electron chi connectivity index (χ2n) is 2.67. The Labute approximate surface area is 70.7 Å². The monoisotopic (exact) mass is 175 g/mol. The first kappa shape index (κ1) is 8.05. The summed E-state index contributed by atoms with van der Waals surface area (Å²) < 4.78 is 0. The van der Waals surface area contributed by atoms with Gasteiger partial charge in [0.25, 0.3) is 0 Å². The Morgan fingerprint density at radius 1 is 1.50 bits per heavy atom. The highest BCUT2D eigenvalue weighted by molar-refractivity contribution is 7.08. The summed E-state index contributed by atoms with van der Waals surface area (Å²) in [5.74, 6) is 0. The molecule has 0 spiro atoms. The average Bonchev–Trinajstić information content (AvgIpc) is 2.46. The van der Waals surface area contributed by atoms with E-state index in [-0.39, 0.29) is 17.9 Å². The molecule has 1 fully saturated rings. The minimum absolute atomic E-state index is 0. The molecular formula is C7H10ClNS. The third-order valence-corrected chi connectivity index (χ3v) is 2.57. The van der Waals surface area contributed by atoms with Crippen LogP contribution in [0.3, 0.4) is 0 Å². The van der Waals surface area contributed by atoms with Gasteiger partial charge in [-0.1, -0.05) is 0 Å². The van der Waals surface area contributed by atoms with E-state index in [4.69, 9.17) is 5.73 Å². The van der Waals surface area contributed by atoms with Crippen LogP contribution in [-0.2, 0) is 5.54 Å². The molecule has 0 amide bonds. The standard InChI is InChI=1S/C7H9NS.ClH/c8-7(2-3-7)6-1-4-9-5-6;/h1,4-5H,2-3,8H2;1H. The van der Waals surface area contributed by atoms with Crippen LogP contribution in [0.25, 0.3) is 0 Å². The first-order valence-corrected chi connectivity index (χ1v) is 4.07. The zero-order chi connectivity index (χ0) is 6.32. The number of halogens is 1. The van der Waals surface area contributed by atoms with Crippen molar-refractivity contribution in [3.8, 4) is 0 Å². The molecule has 1 nitrogen and oxygen atoms in total. The fourth-order valence-corrected chi connectivity index (χ4v) is 1.73. The second-order valence-corrected chi connectivity index (χ2v) is 3.45. The summed E-state index contributed by atoms with van der Waals surface area (Å²) in [6.07, 6.45) is 2.34. The third-order valence-electron chi connectivity index (χ3n) is 1.88. The van der Waals surface area contributed by atoms with Crippen LogP contribution in [-0.4, -0.2) is 0 Å². The summed E-state index contributed by atoms with van der Waals surface area (Å²) in [5.41, 5.74) is 7.33. The van der Waals surface area contributed by atoms with Crippen LogP contribution in [0.4, 0.5) is 0 Å². The van der Waals surface area contributed by atoms with Crippen LogP contribution >= 0.6 is 23.7 Å². The zero-order valence-electron chi connectivity index (χ0n) is 5.54. The summed E-state index contributed by atoms with van der Waals surface area (Å²) in [5, 5.41) is 4.23. The van der Waals surface area contributed by atoms with E-state index in [1.54, 1.807) is 11.3 Å². The molecule has 3 heteroatoms. The van der Waals surface area contributed by atoms with Crippen molar-refractivity contribution in [1.29, 1.82) is 0 Å². The van der Waals surface area contributed by atoms with Crippen molar-refractivity contribution in [3.63, 3.8) is 0 Å². The van der Waals surface area contributed by atoms with Gasteiger partial charge in [0.15, 0.2) is 0 Å². The van der Waals surface area contributed by atoms with E-state index in [2.05, 4.69) is 16.8 Å². The molecule has 2 N–H and O–H groups in total. The van der Waals surface area contributed by atoms with Crippen molar-refractivity contribution in [3.05, 3.63) is 22.4 Å². The van der Waals surface area contributed by atoms with Gasteiger partial charge in [-0.2, -0.15) is 11.3 Å². The molecule has 56 valence electrons. The van der Waals surface area contributed by atoms with Crippen molar-refractivity contribution < 1.29 is 0 Å². The topological polar surface area (TPSA) is 26.0 Å². The van der Waals surface area contributed by atoms with Crippen LogP contribution in [0.5, 0.6) is 0 Å². The van der Waals surface area contributed by atoms with Crippen LogP contribution in [0.2, 0.25) is 0 Å². The average molecular weight is 176 g/mol. The Kier molecular flexibility index (Phi) is 2.04. The van der Waals surface area contributed by atoms with Gasteiger partial charge in [0.1, 0.15) is 0 Å². The Morgan fingerprint density at radius 3 is 2.60 bits per heavy atom. The largest absolute Gasteiger partial charge is 0.321 e. The molecule has 0 unspecified atom stereocenters. The summed E-state index contributed by atoms with van der Waals surface area (Å²) >= 11 is 1.73. The van der Waals surface area contributed by atoms with Crippen molar-refractivity contribution in [2.45, 2.75) is 18.4 Å². The molecule has 2 rings (SSSR count). The van der Waals surface area contributed by atoms with E-state index in [1.807, 2.05) is 0 Å². The molecule has 0 aromatic carbocycles. The third kappa shape index (κ3) is 1.19. The molecule has 0 radical (unpaired) electrons. The molecule has 1 aliphatic carbocycles. The number of hydrogen-bond donors (Lipinski definition) is 1. The van der Waals surface area contributed by atoms with E-state index in [0.717, 1.165) is 0 Å². The van der Waals surface area contributed by atoms with Gasteiger partial charge >= 0.3 is 0 Å². The van der Waals surface area contributed by atoms with Crippen LogP contribution in [0.1, 0.15) is 18.4 Å². The Balaban J connectivity index is 0.000000500. The quantitative estimate of drug-likeness (QED) is 0.696. The van der Waals surface area contributed by atoms with E-state index < -0.39 is 0 Å². The highest BCUT2D eigenvalue weighted by Crippen LogP contribution is 2.43. The van der Waals surface area contributed by atoms with Crippen molar-refractivity contribution in [1.82, 2.24) is 0 Å². The minimum Gasteiger partial charge on any atom is -0.321 e. The van der Waals surface area contributed by atoms with Crippen LogP contribution in [0, 0.1) is 0 Å². The fourth-order valence-electron chi connectivity index (χ4n) is 0.971. The van der Waals surface area contributed by atoms with E-state index in [9.17, 15) is 0 Å². The molecule has 10 heavy (non-hydrogen) atoms. The number of thiophene rings is 1. The number of nitrogens with two attached hydrogens (primary N) is 1. The molecule has 1 saturated carbocycles. The summed E-state index contributed by atoms with van der Waals surface area (Å²) in [4.78, 5) is 0. The lowest BCUT2D eigenvalue weighted by atomic mass is 10.1. The lowest BCUT2D eigenvalue weighted by Crippen LogP contribution is -2.17. The summed E-state index contributed by atoms with van der Waals surface area (Å²) in [6.45, 7) is 0. The van der Waals surface area contributed by atoms with E-state index >= 15 is 0 Å². The molecule has 1 aromatic heterocycles. The van der Waals surface area contributed by atoms with Gasteiger partial charge in [0, 0.05) is 5.54 Å². The highest BCUT2D eigenvalue weighted by Gasteiger charge is 2.39. The smallest absolute Gasteiger partial charge is 0.0419 e. The predicted molar refractivity (Wildman–Crippen MR) is 46.7 cm³/mol. The van der Waals surface area contributed by atoms with Gasteiger partial charge in [0.2, 0.25) is 0 Å². The van der Waals surface area contributed by atoms with Crippen LogP contribution < -0.4 is 5.73 Å². The van der Waals surface area contributed by atoms with Gasteiger partial charge in [0.05, 0.1) is 0 Å². The Bertz CT molecular complexity index is 203. The Morgan fingerprint density at radius 2 is 2.20 bits per heavy atom. The molecule has 0 aliphatic heterocycles. The SMILES string of the molecule is Cl.NC1(c2ccsc2)CC1. The maximum absolute atomic E-state index is 5.92. The molecule has 1 aromatic rings. The van der Waals surface area contributed by atoms with Gasteiger partial charge in [-0.15, -0.1) is 12.4 Å². The fraction of sp³-hybridized carbons (Fsp3) is 0.429. The first-order chi connectivity index (χ1) is 4.31. The second kappa shape index (κ2) is 2.53. The van der Waals surface area contributed by atoms with Gasteiger partial charge in [-0.05, 0) is 35.2 Å². The van der Waals surface area contributed by atoms with Gasteiger partial charge in [-0.25, -0.2) is 0 Å². The minimum atomic E-state index is 0. The number of hydrogen-bond acceptors (Lipinski definition) is 2. The van der Waals surface area contributed by atoms with Crippen LogP contribution in [0.15, 0.2) is 16.8 Å². The first-order valence-electron chi connectivity index (χ1n) is 3.13. The van der Waals surface area contributed by atoms with E-state index in [0.29, 0.717) is 0 Å². The van der Waals surface area contributed by atoms with Gasteiger partial charge < -0.3 is 5.73 Å². The maximum Gasteiger partial charge on any atom is 0.0419 e. The highest BCUT2D eigenvalue weighted by atomic mass is 35.5. The molecule has 0 saturated heterocycles. The maximum atomic E-state index is 5.92. The molecular weight excluding hydrogens is 166 g/mol. The molecule has 1 heterocycles. The zero-order valence-corrected chi connectivity index (χ0v) is 7.17. The normalized spacial score (nSPS) is 19.7. The van der Waals surface area contributed by atoms with Crippen molar-refractivity contribution in [2.24, 2.45) is 5.73 Å². The molecule has 0 atom stereocenters. The lowest BCUT2D eigenvalue weighted by Gasteiger charge is -2.02. The lowest BCUT2D eigenvalue weighted by molar-refractivity contribution is 0.744. The predicted octanol–water partition coefficient (Wildman–Crippen LogP) is 2.12. The van der Waals surface area contributed by atoms with E-state index in [1.165, 1.54) is 18.4 Å².